The summed E-state index contributed by atoms with van der Waals surface area (Å²) in [6, 6.07) is 6.39. The van der Waals surface area contributed by atoms with Crippen LogP contribution in [0.3, 0.4) is 0 Å². The maximum absolute atomic E-state index is 13.1. The molecule has 96 valence electrons. The molecule has 1 aliphatic heterocycles. The number of morpholine rings is 1. The second kappa shape index (κ2) is 4.58. The smallest absolute Gasteiger partial charge is 0.124 e. The Labute approximate surface area is 107 Å². The summed E-state index contributed by atoms with van der Waals surface area (Å²) >= 11 is 0. The molecule has 0 radical (unpaired) electrons. The lowest BCUT2D eigenvalue weighted by molar-refractivity contribution is -0.0749. The van der Waals surface area contributed by atoms with E-state index in [0.717, 1.165) is 5.69 Å². The van der Waals surface area contributed by atoms with Gasteiger partial charge in [-0.1, -0.05) is 0 Å². The van der Waals surface area contributed by atoms with Crippen molar-refractivity contribution in [3.05, 3.63) is 29.6 Å². The minimum absolute atomic E-state index is 0.0883. The Morgan fingerprint density at radius 1 is 1.50 bits per heavy atom. The summed E-state index contributed by atoms with van der Waals surface area (Å²) < 4.78 is 19.0. The molecular formula is C14H17FN2O. The van der Waals surface area contributed by atoms with Gasteiger partial charge in [0.25, 0.3) is 0 Å². The van der Waals surface area contributed by atoms with Gasteiger partial charge in [-0.05, 0) is 39.0 Å². The van der Waals surface area contributed by atoms with Gasteiger partial charge < -0.3 is 9.64 Å². The summed E-state index contributed by atoms with van der Waals surface area (Å²) in [4.78, 5) is 2.09. The minimum atomic E-state index is -0.379. The first-order valence-corrected chi connectivity index (χ1v) is 6.04. The molecule has 0 saturated carbocycles. The normalized spacial score (nSPS) is 22.6. The maximum atomic E-state index is 13.1. The van der Waals surface area contributed by atoms with Gasteiger partial charge in [-0.15, -0.1) is 0 Å². The summed E-state index contributed by atoms with van der Waals surface area (Å²) in [5.41, 5.74) is 0.890. The third kappa shape index (κ3) is 2.62. The van der Waals surface area contributed by atoms with E-state index in [1.165, 1.54) is 12.1 Å². The number of rotatable bonds is 1. The van der Waals surface area contributed by atoms with Crippen molar-refractivity contribution in [3.8, 4) is 6.07 Å². The Bertz CT molecular complexity index is 493. The predicted molar refractivity (Wildman–Crippen MR) is 68.0 cm³/mol. The molecule has 0 bridgehead atoms. The third-order valence-electron chi connectivity index (χ3n) is 2.99. The molecule has 1 aromatic rings. The van der Waals surface area contributed by atoms with Crippen molar-refractivity contribution >= 4 is 5.69 Å². The molecule has 0 aliphatic carbocycles. The zero-order valence-electron chi connectivity index (χ0n) is 10.9. The number of nitrogens with zero attached hydrogens (tertiary/aromatic N) is 2. The van der Waals surface area contributed by atoms with Gasteiger partial charge in [0.15, 0.2) is 0 Å². The zero-order valence-corrected chi connectivity index (χ0v) is 10.9. The molecule has 1 atom stereocenters. The topological polar surface area (TPSA) is 36.3 Å². The monoisotopic (exact) mass is 248 g/mol. The number of ether oxygens (including phenoxy) is 1. The highest BCUT2D eigenvalue weighted by Crippen LogP contribution is 2.28. The number of benzene rings is 1. The minimum Gasteiger partial charge on any atom is -0.369 e. The van der Waals surface area contributed by atoms with Crippen molar-refractivity contribution in [1.82, 2.24) is 0 Å². The zero-order chi connectivity index (χ0) is 13.3. The second-order valence-corrected chi connectivity index (χ2v) is 5.34. The van der Waals surface area contributed by atoms with Crippen LogP contribution in [0.25, 0.3) is 0 Å². The number of nitriles is 1. The van der Waals surface area contributed by atoms with E-state index in [9.17, 15) is 4.39 Å². The van der Waals surface area contributed by atoms with Crippen LogP contribution in [0.4, 0.5) is 10.1 Å². The van der Waals surface area contributed by atoms with Crippen molar-refractivity contribution in [3.63, 3.8) is 0 Å². The predicted octanol–water partition coefficient (Wildman–Crippen LogP) is 2.70. The summed E-state index contributed by atoms with van der Waals surface area (Å²) in [6.07, 6.45) is 0.0883. The summed E-state index contributed by atoms with van der Waals surface area (Å²) in [7, 11) is 0. The van der Waals surface area contributed by atoms with E-state index in [-0.39, 0.29) is 17.5 Å². The number of anilines is 1. The van der Waals surface area contributed by atoms with Crippen LogP contribution in [0, 0.1) is 17.1 Å². The van der Waals surface area contributed by atoms with Crippen LogP contribution in [0.15, 0.2) is 18.2 Å². The van der Waals surface area contributed by atoms with E-state index in [2.05, 4.69) is 11.0 Å². The standard InChI is InChI=1S/C14H17FN2O/c1-10-8-17(9-14(2,3)18-10)13-5-4-12(15)6-11(13)7-16/h4-6,10H,8-9H2,1-3H3. The average molecular weight is 248 g/mol. The summed E-state index contributed by atoms with van der Waals surface area (Å²) in [6.45, 7) is 7.45. The fourth-order valence-corrected chi connectivity index (χ4v) is 2.51. The highest BCUT2D eigenvalue weighted by Gasteiger charge is 2.32. The largest absolute Gasteiger partial charge is 0.369 e. The molecule has 18 heavy (non-hydrogen) atoms. The highest BCUT2D eigenvalue weighted by molar-refractivity contribution is 5.60. The Hall–Kier alpha value is -1.60. The molecule has 0 amide bonds. The summed E-state index contributed by atoms with van der Waals surface area (Å²) in [5.74, 6) is -0.379. The van der Waals surface area contributed by atoms with E-state index < -0.39 is 0 Å². The van der Waals surface area contributed by atoms with Gasteiger partial charge in [0.05, 0.1) is 23.0 Å². The SMILES string of the molecule is CC1CN(c2ccc(F)cc2C#N)CC(C)(C)O1. The Morgan fingerprint density at radius 3 is 2.83 bits per heavy atom. The second-order valence-electron chi connectivity index (χ2n) is 5.34. The van der Waals surface area contributed by atoms with Crippen LogP contribution >= 0.6 is 0 Å². The van der Waals surface area contributed by atoms with Crippen molar-refractivity contribution in [2.24, 2.45) is 0 Å². The van der Waals surface area contributed by atoms with Crippen LogP contribution < -0.4 is 4.90 Å². The first kappa shape index (κ1) is 12.8. The lowest BCUT2D eigenvalue weighted by Gasteiger charge is -2.43. The van der Waals surface area contributed by atoms with Crippen molar-refractivity contribution in [2.75, 3.05) is 18.0 Å². The molecule has 1 unspecified atom stereocenters. The van der Waals surface area contributed by atoms with E-state index in [1.54, 1.807) is 6.07 Å². The lowest BCUT2D eigenvalue weighted by atomic mass is 10.0. The van der Waals surface area contributed by atoms with E-state index in [0.29, 0.717) is 18.7 Å². The molecule has 2 rings (SSSR count). The fraction of sp³-hybridized carbons (Fsp3) is 0.500. The molecule has 0 spiro atoms. The fourth-order valence-electron chi connectivity index (χ4n) is 2.51. The number of halogens is 1. The van der Waals surface area contributed by atoms with E-state index >= 15 is 0 Å². The van der Waals surface area contributed by atoms with Crippen molar-refractivity contribution in [1.29, 1.82) is 5.26 Å². The van der Waals surface area contributed by atoms with Gasteiger partial charge in [-0.3, -0.25) is 0 Å². The van der Waals surface area contributed by atoms with Gasteiger partial charge >= 0.3 is 0 Å². The van der Waals surface area contributed by atoms with E-state index in [4.69, 9.17) is 10.00 Å². The van der Waals surface area contributed by atoms with Gasteiger partial charge in [0.1, 0.15) is 11.9 Å². The van der Waals surface area contributed by atoms with Crippen LogP contribution in [-0.4, -0.2) is 24.8 Å². The van der Waals surface area contributed by atoms with Gasteiger partial charge in [0.2, 0.25) is 0 Å². The highest BCUT2D eigenvalue weighted by atomic mass is 19.1. The lowest BCUT2D eigenvalue weighted by Crippen LogP contribution is -2.52. The Morgan fingerprint density at radius 2 is 2.22 bits per heavy atom. The average Bonchev–Trinajstić information content (AvgIpc) is 2.25. The van der Waals surface area contributed by atoms with Gasteiger partial charge in [0, 0.05) is 13.1 Å². The van der Waals surface area contributed by atoms with Crippen LogP contribution in [0.2, 0.25) is 0 Å². The van der Waals surface area contributed by atoms with Crippen molar-refractivity contribution < 1.29 is 9.13 Å². The molecule has 1 saturated heterocycles. The van der Waals surface area contributed by atoms with Gasteiger partial charge in [-0.25, -0.2) is 4.39 Å². The molecule has 3 nitrogen and oxygen atoms in total. The number of hydrogen-bond acceptors (Lipinski definition) is 3. The molecule has 1 aromatic carbocycles. The third-order valence-corrected chi connectivity index (χ3v) is 2.99. The summed E-state index contributed by atoms with van der Waals surface area (Å²) in [5, 5.41) is 9.09. The van der Waals surface area contributed by atoms with Crippen LogP contribution in [0.5, 0.6) is 0 Å². The first-order valence-electron chi connectivity index (χ1n) is 6.04. The van der Waals surface area contributed by atoms with E-state index in [1.807, 2.05) is 20.8 Å². The van der Waals surface area contributed by atoms with Crippen molar-refractivity contribution in [2.45, 2.75) is 32.5 Å². The molecule has 0 aromatic heterocycles. The molecule has 0 N–H and O–H groups in total. The molecule has 4 heteroatoms. The van der Waals surface area contributed by atoms with Crippen LogP contribution in [-0.2, 0) is 4.74 Å². The van der Waals surface area contributed by atoms with Gasteiger partial charge in [-0.2, -0.15) is 5.26 Å². The Kier molecular flexibility index (Phi) is 3.27. The number of hydrogen-bond donors (Lipinski definition) is 0. The van der Waals surface area contributed by atoms with Crippen LogP contribution in [0.1, 0.15) is 26.3 Å². The molecule has 1 heterocycles. The molecular weight excluding hydrogens is 231 g/mol. The maximum Gasteiger partial charge on any atom is 0.124 e. The first-order chi connectivity index (χ1) is 8.41. The molecule has 1 aliphatic rings. The molecule has 1 fully saturated rings. The quantitative estimate of drug-likeness (QED) is 0.766. The Balaban J connectivity index is 2.34.